The van der Waals surface area contributed by atoms with Gasteiger partial charge in [0.15, 0.2) is 0 Å². The summed E-state index contributed by atoms with van der Waals surface area (Å²) >= 11 is 0. The molecule has 0 bridgehead atoms. The van der Waals surface area contributed by atoms with Gasteiger partial charge in [-0.3, -0.25) is 9.55 Å². The predicted molar refractivity (Wildman–Crippen MR) is 110 cm³/mol. The van der Waals surface area contributed by atoms with Crippen LogP contribution in [0.4, 0.5) is 4.39 Å². The van der Waals surface area contributed by atoms with Gasteiger partial charge in [-0.05, 0) is 68.0 Å². The highest BCUT2D eigenvalue weighted by molar-refractivity contribution is 7.32. The van der Waals surface area contributed by atoms with E-state index in [4.69, 9.17) is 4.89 Å². The second-order valence-corrected chi connectivity index (χ2v) is 7.66. The van der Waals surface area contributed by atoms with Gasteiger partial charge in [0.2, 0.25) is 0 Å². The van der Waals surface area contributed by atoms with Crippen LogP contribution in [0.25, 0.3) is 0 Å². The molecule has 0 saturated heterocycles. The number of nitrogens with zero attached hydrogens (tertiary/aromatic N) is 1. The molecule has 2 aromatic rings. The van der Waals surface area contributed by atoms with E-state index in [0.717, 1.165) is 37.9 Å². The highest BCUT2D eigenvalue weighted by atomic mass is 31.1. The average Bonchev–Trinajstić information content (AvgIpc) is 2.69. The van der Waals surface area contributed by atoms with Crippen LogP contribution in [-0.4, -0.2) is 23.0 Å². The summed E-state index contributed by atoms with van der Waals surface area (Å²) in [5.41, 5.74) is 3.44. The second kappa shape index (κ2) is 13.6. The van der Waals surface area contributed by atoms with Gasteiger partial charge in [-0.15, -0.1) is 0 Å². The number of aromatic nitrogens is 1. The van der Waals surface area contributed by atoms with Gasteiger partial charge in [-0.25, -0.2) is 4.39 Å². The van der Waals surface area contributed by atoms with E-state index in [-0.39, 0.29) is 12.4 Å². The minimum Gasteiger partial charge on any atom is -0.326 e. The van der Waals surface area contributed by atoms with Crippen LogP contribution in [0, 0.1) is 5.82 Å². The molecule has 0 aliphatic rings. The van der Waals surface area contributed by atoms with Gasteiger partial charge >= 0.3 is 8.25 Å². The summed E-state index contributed by atoms with van der Waals surface area (Å²) in [6, 6.07) is 10.9. The minimum atomic E-state index is -2.81. The van der Waals surface area contributed by atoms with Gasteiger partial charge in [-0.1, -0.05) is 31.0 Å². The summed E-state index contributed by atoms with van der Waals surface area (Å²) in [6.45, 7) is 1.69. The van der Waals surface area contributed by atoms with E-state index in [1.54, 1.807) is 0 Å². The van der Waals surface area contributed by atoms with Crippen molar-refractivity contribution in [1.82, 2.24) is 10.3 Å². The van der Waals surface area contributed by atoms with Crippen LogP contribution in [0.1, 0.15) is 48.9 Å². The molecular formula is C21H30FN2O3P. The third-order valence-corrected chi connectivity index (χ3v) is 4.96. The number of hydrogen-bond acceptors (Lipinski definition) is 4. The third kappa shape index (κ3) is 10.1. The molecule has 0 aliphatic heterocycles. The largest absolute Gasteiger partial charge is 0.326 e. The van der Waals surface area contributed by atoms with E-state index in [0.29, 0.717) is 13.0 Å². The molecule has 1 heterocycles. The van der Waals surface area contributed by atoms with E-state index < -0.39 is 8.25 Å². The molecule has 0 spiro atoms. The Morgan fingerprint density at radius 3 is 2.29 bits per heavy atom. The van der Waals surface area contributed by atoms with E-state index in [2.05, 4.69) is 20.9 Å². The second-order valence-electron chi connectivity index (χ2n) is 6.84. The molecular weight excluding hydrogens is 378 g/mol. The predicted octanol–water partition coefficient (Wildman–Crippen LogP) is 4.44. The summed E-state index contributed by atoms with van der Waals surface area (Å²) in [6.07, 6.45) is 9.33. The molecule has 154 valence electrons. The number of pyridine rings is 1. The van der Waals surface area contributed by atoms with Crippen molar-refractivity contribution < 1.29 is 18.4 Å². The Hall–Kier alpha value is -1.59. The Kier molecular flexibility index (Phi) is 11.0. The van der Waals surface area contributed by atoms with Crippen molar-refractivity contribution in [2.75, 3.05) is 13.2 Å². The van der Waals surface area contributed by atoms with Crippen LogP contribution in [0.5, 0.6) is 0 Å². The minimum absolute atomic E-state index is 0.175. The summed E-state index contributed by atoms with van der Waals surface area (Å²) in [7, 11) is -2.81. The fraction of sp³-hybridized carbons (Fsp3) is 0.476. The standard InChI is InChI=1S/C21H30FN2O3P/c22-20-11-8-18(9-12-20)6-3-1-2-4-7-19-10-13-21(24-16-19)17-23-14-5-15-27-28(25)26/h8-13,16,23,28H,1-7,14-15,17H2,(H,25,26). The molecule has 1 aromatic carbocycles. The van der Waals surface area contributed by atoms with Crippen LogP contribution in [0.2, 0.25) is 0 Å². The number of aryl methyl sites for hydroxylation is 2. The fourth-order valence-electron chi connectivity index (χ4n) is 2.94. The lowest BCUT2D eigenvalue weighted by atomic mass is 10.0. The molecule has 0 amide bonds. The quantitative estimate of drug-likeness (QED) is 0.357. The van der Waals surface area contributed by atoms with Crippen molar-refractivity contribution in [2.45, 2.75) is 51.5 Å². The Bertz CT molecular complexity index is 696. The molecule has 5 nitrogen and oxygen atoms in total. The Morgan fingerprint density at radius 2 is 1.64 bits per heavy atom. The molecule has 1 atom stereocenters. The van der Waals surface area contributed by atoms with Crippen molar-refractivity contribution in [3.63, 3.8) is 0 Å². The molecule has 7 heteroatoms. The van der Waals surface area contributed by atoms with Gasteiger partial charge in [0.05, 0.1) is 12.3 Å². The number of halogens is 1. The highest BCUT2D eigenvalue weighted by Crippen LogP contribution is 2.14. The van der Waals surface area contributed by atoms with Crippen LogP contribution in [0.15, 0.2) is 42.6 Å². The zero-order chi connectivity index (χ0) is 20.0. The van der Waals surface area contributed by atoms with Gasteiger partial charge in [0, 0.05) is 12.7 Å². The Labute approximate surface area is 167 Å². The molecule has 2 N–H and O–H groups in total. The van der Waals surface area contributed by atoms with Gasteiger partial charge in [-0.2, -0.15) is 0 Å². The molecule has 0 radical (unpaired) electrons. The van der Waals surface area contributed by atoms with Crippen molar-refractivity contribution in [3.8, 4) is 0 Å². The first-order valence-corrected chi connectivity index (χ1v) is 11.1. The van der Waals surface area contributed by atoms with Gasteiger partial charge in [0.1, 0.15) is 5.82 Å². The molecule has 28 heavy (non-hydrogen) atoms. The third-order valence-electron chi connectivity index (χ3n) is 4.51. The first kappa shape index (κ1) is 22.7. The maximum absolute atomic E-state index is 12.9. The summed E-state index contributed by atoms with van der Waals surface area (Å²) < 4.78 is 27.9. The average molecular weight is 408 g/mol. The summed E-state index contributed by atoms with van der Waals surface area (Å²) in [5, 5.41) is 3.24. The molecule has 2 rings (SSSR count). The normalized spacial score (nSPS) is 12.2. The zero-order valence-corrected chi connectivity index (χ0v) is 17.2. The zero-order valence-electron chi connectivity index (χ0n) is 16.2. The topological polar surface area (TPSA) is 71.5 Å². The maximum atomic E-state index is 12.9. The SMILES string of the molecule is O=[PH](O)OCCCNCc1ccc(CCCCCCc2ccc(F)cc2)cn1. The number of rotatable bonds is 14. The lowest BCUT2D eigenvalue weighted by molar-refractivity contribution is 0.276. The summed E-state index contributed by atoms with van der Waals surface area (Å²) in [4.78, 5) is 13.0. The van der Waals surface area contributed by atoms with Crippen molar-refractivity contribution in [1.29, 1.82) is 0 Å². The molecule has 1 unspecified atom stereocenters. The number of unbranched alkanes of at least 4 members (excludes halogenated alkanes) is 3. The number of hydrogen-bond donors (Lipinski definition) is 2. The Balaban J connectivity index is 1.51. The lowest BCUT2D eigenvalue weighted by Gasteiger charge is -2.06. The van der Waals surface area contributed by atoms with Crippen LogP contribution in [-0.2, 0) is 28.5 Å². The molecule has 0 fully saturated rings. The van der Waals surface area contributed by atoms with Gasteiger partial charge in [0.25, 0.3) is 0 Å². The van der Waals surface area contributed by atoms with Crippen LogP contribution >= 0.6 is 8.25 Å². The molecule has 0 saturated carbocycles. The first-order valence-electron chi connectivity index (χ1n) is 9.88. The number of benzene rings is 1. The first-order chi connectivity index (χ1) is 13.6. The monoisotopic (exact) mass is 408 g/mol. The lowest BCUT2D eigenvalue weighted by Crippen LogP contribution is -2.16. The molecule has 1 aromatic heterocycles. The van der Waals surface area contributed by atoms with E-state index in [1.807, 2.05) is 24.4 Å². The smallest absolute Gasteiger partial charge is 0.316 e. The maximum Gasteiger partial charge on any atom is 0.316 e. The summed E-state index contributed by atoms with van der Waals surface area (Å²) in [5.74, 6) is -0.175. The Morgan fingerprint density at radius 1 is 0.964 bits per heavy atom. The fourth-order valence-corrected chi connectivity index (χ4v) is 3.26. The molecule has 0 aliphatic carbocycles. The highest BCUT2D eigenvalue weighted by Gasteiger charge is 1.99. The van der Waals surface area contributed by atoms with Crippen molar-refractivity contribution in [2.24, 2.45) is 0 Å². The number of nitrogens with one attached hydrogen (secondary N) is 1. The van der Waals surface area contributed by atoms with E-state index >= 15 is 0 Å². The van der Waals surface area contributed by atoms with E-state index in [1.165, 1.54) is 36.1 Å². The van der Waals surface area contributed by atoms with Crippen molar-refractivity contribution in [3.05, 3.63) is 65.2 Å². The van der Waals surface area contributed by atoms with Crippen molar-refractivity contribution >= 4 is 8.25 Å². The van der Waals surface area contributed by atoms with Gasteiger partial charge < -0.3 is 14.7 Å². The van der Waals surface area contributed by atoms with E-state index in [9.17, 15) is 8.96 Å². The van der Waals surface area contributed by atoms with Crippen LogP contribution < -0.4 is 5.32 Å². The van der Waals surface area contributed by atoms with Crippen LogP contribution in [0.3, 0.4) is 0 Å².